The number of benzene rings is 2. The van der Waals surface area contributed by atoms with Gasteiger partial charge in [0.15, 0.2) is 0 Å². The fourth-order valence-electron chi connectivity index (χ4n) is 2.81. The highest BCUT2D eigenvalue weighted by molar-refractivity contribution is 6.00. The Hall–Kier alpha value is -2.93. The molecule has 0 radical (unpaired) electrons. The number of non-ortho nitro benzene ring substituents is 1. The number of rotatable bonds is 4. The zero-order valence-corrected chi connectivity index (χ0v) is 12.8. The first-order valence-corrected chi connectivity index (χ1v) is 7.57. The molecule has 1 heterocycles. The summed E-state index contributed by atoms with van der Waals surface area (Å²) in [7, 11) is 0. The number of nitro benzene ring substituents is 1. The van der Waals surface area contributed by atoms with Gasteiger partial charge in [-0.3, -0.25) is 14.9 Å². The molecule has 24 heavy (non-hydrogen) atoms. The number of carbonyl (C=O) groups is 1. The maximum atomic E-state index is 12.5. The molecular weight excluding hydrogens is 310 g/mol. The Bertz CT molecular complexity index is 764. The molecule has 3 rings (SSSR count). The van der Waals surface area contributed by atoms with E-state index in [0.29, 0.717) is 13.0 Å². The van der Waals surface area contributed by atoms with Crippen LogP contribution in [0.15, 0.2) is 48.5 Å². The predicted molar refractivity (Wildman–Crippen MR) is 88.5 cm³/mol. The number of nitrogens with two attached hydrogens (primary N) is 1. The van der Waals surface area contributed by atoms with E-state index in [1.807, 2.05) is 30.3 Å². The van der Waals surface area contributed by atoms with E-state index in [2.05, 4.69) is 5.32 Å². The van der Waals surface area contributed by atoms with Crippen molar-refractivity contribution in [2.24, 2.45) is 0 Å². The lowest BCUT2D eigenvalue weighted by molar-refractivity contribution is -0.384. The monoisotopic (exact) mass is 327 g/mol. The van der Waals surface area contributed by atoms with Gasteiger partial charge in [0.25, 0.3) is 11.6 Å². The maximum Gasteiger partial charge on any atom is 0.270 e. The normalized spacial score (nSPS) is 19.8. The molecular formula is C17H17N3O4. The second-order valence-electron chi connectivity index (χ2n) is 5.60. The quantitative estimate of drug-likeness (QED) is 0.509. The number of nitrogens with zero attached hydrogens (tertiary/aromatic N) is 1. The van der Waals surface area contributed by atoms with Gasteiger partial charge in [-0.2, -0.15) is 0 Å². The minimum atomic E-state index is -0.554. The van der Waals surface area contributed by atoms with E-state index in [0.717, 1.165) is 5.56 Å². The van der Waals surface area contributed by atoms with E-state index in [1.54, 1.807) is 0 Å². The van der Waals surface area contributed by atoms with Gasteiger partial charge in [-0.1, -0.05) is 30.3 Å². The fraction of sp³-hybridized carbons (Fsp3) is 0.235. The molecule has 1 amide bonds. The van der Waals surface area contributed by atoms with Crippen molar-refractivity contribution >= 4 is 17.3 Å². The summed E-state index contributed by atoms with van der Waals surface area (Å²) in [5.74, 6) is -0.437. The Morgan fingerprint density at radius 1 is 1.25 bits per heavy atom. The van der Waals surface area contributed by atoms with Crippen LogP contribution in [-0.4, -0.2) is 23.5 Å². The van der Waals surface area contributed by atoms with E-state index in [9.17, 15) is 14.9 Å². The number of hydrogen-bond donors (Lipinski definition) is 2. The molecule has 7 nitrogen and oxygen atoms in total. The third kappa shape index (κ3) is 3.21. The van der Waals surface area contributed by atoms with Crippen molar-refractivity contribution in [3.8, 4) is 0 Å². The van der Waals surface area contributed by atoms with E-state index < -0.39 is 10.8 Å². The van der Waals surface area contributed by atoms with Crippen LogP contribution in [0, 0.1) is 10.1 Å². The summed E-state index contributed by atoms with van der Waals surface area (Å²) in [5, 5.41) is 13.8. The zero-order valence-electron chi connectivity index (χ0n) is 12.8. The largest absolute Gasteiger partial charge is 0.398 e. The third-order valence-electron chi connectivity index (χ3n) is 4.03. The molecule has 2 atom stereocenters. The molecule has 1 fully saturated rings. The van der Waals surface area contributed by atoms with Crippen molar-refractivity contribution in [2.75, 3.05) is 12.3 Å². The number of carbonyl (C=O) groups excluding carboxylic acids is 1. The SMILES string of the molecule is Nc1ccc([N+](=O)[O-])cc1C(=O)N[C@H]1CCO[C@@H]1c1ccccc1. The van der Waals surface area contributed by atoms with Crippen LogP contribution in [0.3, 0.4) is 0 Å². The fourth-order valence-corrected chi connectivity index (χ4v) is 2.81. The van der Waals surface area contributed by atoms with Gasteiger partial charge in [0.05, 0.1) is 16.5 Å². The molecule has 124 valence electrons. The van der Waals surface area contributed by atoms with Crippen LogP contribution >= 0.6 is 0 Å². The number of nitrogens with one attached hydrogen (secondary N) is 1. The van der Waals surface area contributed by atoms with Gasteiger partial charge in [0.2, 0.25) is 0 Å². The Morgan fingerprint density at radius 2 is 2.00 bits per heavy atom. The van der Waals surface area contributed by atoms with E-state index in [1.165, 1.54) is 18.2 Å². The highest BCUT2D eigenvalue weighted by Crippen LogP contribution is 2.29. The van der Waals surface area contributed by atoms with Crippen molar-refractivity contribution in [3.63, 3.8) is 0 Å². The van der Waals surface area contributed by atoms with Crippen LogP contribution in [0.4, 0.5) is 11.4 Å². The summed E-state index contributed by atoms with van der Waals surface area (Å²) >= 11 is 0. The molecule has 0 saturated carbocycles. The van der Waals surface area contributed by atoms with Crippen molar-refractivity contribution in [1.29, 1.82) is 0 Å². The molecule has 0 spiro atoms. The standard InChI is InChI=1S/C17H17N3O4/c18-14-7-6-12(20(22)23)10-13(14)17(21)19-15-8-9-24-16(15)11-4-2-1-3-5-11/h1-7,10,15-16H,8-9,18H2,(H,19,21)/t15-,16+/m0/s1. The molecule has 0 aromatic heterocycles. The Labute approximate surface area is 138 Å². The van der Waals surface area contributed by atoms with Gasteiger partial charge in [-0.15, -0.1) is 0 Å². The number of nitrogen functional groups attached to an aromatic ring is 1. The summed E-state index contributed by atoms with van der Waals surface area (Å²) in [6.45, 7) is 0.537. The predicted octanol–water partition coefficient (Wildman–Crippen LogP) is 2.44. The maximum absolute atomic E-state index is 12.5. The summed E-state index contributed by atoms with van der Waals surface area (Å²) < 4.78 is 5.73. The molecule has 1 saturated heterocycles. The smallest absolute Gasteiger partial charge is 0.270 e. The number of amides is 1. The number of hydrogen-bond acceptors (Lipinski definition) is 5. The average Bonchev–Trinajstić information content (AvgIpc) is 3.03. The summed E-state index contributed by atoms with van der Waals surface area (Å²) in [6, 6.07) is 13.2. The van der Waals surface area contributed by atoms with Gasteiger partial charge in [-0.05, 0) is 18.1 Å². The Morgan fingerprint density at radius 3 is 2.71 bits per heavy atom. The van der Waals surface area contributed by atoms with Crippen LogP contribution < -0.4 is 11.1 Å². The van der Waals surface area contributed by atoms with E-state index in [-0.39, 0.29) is 29.1 Å². The lowest BCUT2D eigenvalue weighted by atomic mass is 10.0. The van der Waals surface area contributed by atoms with Gasteiger partial charge < -0.3 is 15.8 Å². The van der Waals surface area contributed by atoms with Crippen molar-refractivity contribution in [2.45, 2.75) is 18.6 Å². The molecule has 3 N–H and O–H groups in total. The van der Waals surface area contributed by atoms with Gasteiger partial charge >= 0.3 is 0 Å². The lowest BCUT2D eigenvalue weighted by Gasteiger charge is -2.20. The molecule has 7 heteroatoms. The summed E-state index contributed by atoms with van der Waals surface area (Å²) in [4.78, 5) is 22.8. The third-order valence-corrected chi connectivity index (χ3v) is 4.03. The van der Waals surface area contributed by atoms with Gasteiger partial charge in [0.1, 0.15) is 6.10 Å². The molecule has 1 aliphatic rings. The van der Waals surface area contributed by atoms with Crippen LogP contribution in [0.5, 0.6) is 0 Å². The first-order chi connectivity index (χ1) is 11.6. The van der Waals surface area contributed by atoms with Crippen molar-refractivity contribution in [1.82, 2.24) is 5.32 Å². The van der Waals surface area contributed by atoms with E-state index >= 15 is 0 Å². The highest BCUT2D eigenvalue weighted by atomic mass is 16.6. The van der Waals surface area contributed by atoms with Crippen molar-refractivity contribution in [3.05, 3.63) is 69.8 Å². The molecule has 2 aromatic carbocycles. The Balaban J connectivity index is 1.79. The van der Waals surface area contributed by atoms with E-state index in [4.69, 9.17) is 10.5 Å². The first kappa shape index (κ1) is 15.9. The topological polar surface area (TPSA) is 107 Å². The minimum Gasteiger partial charge on any atom is -0.398 e. The zero-order chi connectivity index (χ0) is 17.1. The summed E-state index contributed by atoms with van der Waals surface area (Å²) in [5.41, 5.74) is 6.91. The average molecular weight is 327 g/mol. The number of nitro groups is 1. The second kappa shape index (κ2) is 6.67. The minimum absolute atomic E-state index is 0.0999. The molecule has 0 unspecified atom stereocenters. The molecule has 1 aliphatic heterocycles. The van der Waals surface area contributed by atoms with Gasteiger partial charge in [0, 0.05) is 24.4 Å². The highest BCUT2D eigenvalue weighted by Gasteiger charge is 2.31. The van der Waals surface area contributed by atoms with Crippen LogP contribution in [-0.2, 0) is 4.74 Å². The summed E-state index contributed by atoms with van der Waals surface area (Å²) in [6.07, 6.45) is 0.426. The van der Waals surface area contributed by atoms with Crippen molar-refractivity contribution < 1.29 is 14.5 Å². The van der Waals surface area contributed by atoms with Crippen LogP contribution in [0.2, 0.25) is 0 Å². The first-order valence-electron chi connectivity index (χ1n) is 7.57. The molecule has 0 bridgehead atoms. The Kier molecular flexibility index (Phi) is 4.43. The second-order valence-corrected chi connectivity index (χ2v) is 5.60. The molecule has 0 aliphatic carbocycles. The number of anilines is 1. The van der Waals surface area contributed by atoms with Gasteiger partial charge in [-0.25, -0.2) is 0 Å². The lowest BCUT2D eigenvalue weighted by Crippen LogP contribution is -2.37. The van der Waals surface area contributed by atoms with Crippen LogP contribution in [0.25, 0.3) is 0 Å². The molecule has 2 aromatic rings. The number of ether oxygens (including phenoxy) is 1. The van der Waals surface area contributed by atoms with Crippen LogP contribution in [0.1, 0.15) is 28.4 Å².